The highest BCUT2D eigenvalue weighted by Crippen LogP contribution is 2.20. The summed E-state index contributed by atoms with van der Waals surface area (Å²) in [4.78, 5) is 25.0. The van der Waals surface area contributed by atoms with Crippen LogP contribution in [0, 0.1) is 0 Å². The fraction of sp³-hybridized carbons (Fsp3) is 0.400. The highest BCUT2D eigenvalue weighted by Gasteiger charge is 2.26. The molecule has 2 aromatic rings. The Bertz CT molecular complexity index is 579. The van der Waals surface area contributed by atoms with Gasteiger partial charge in [-0.1, -0.05) is 6.07 Å². The molecule has 1 fully saturated rings. The fourth-order valence-electron chi connectivity index (χ4n) is 2.60. The Hall–Kier alpha value is -1.79. The number of aromatic nitrogens is 2. The maximum absolute atomic E-state index is 12.2. The maximum Gasteiger partial charge on any atom is 0.273 e. The summed E-state index contributed by atoms with van der Waals surface area (Å²) in [6.07, 6.45) is 1.83. The Labute approximate surface area is 128 Å². The first-order chi connectivity index (χ1) is 10.3. The molecule has 0 saturated carbocycles. The van der Waals surface area contributed by atoms with Gasteiger partial charge in [-0.2, -0.15) is 0 Å². The molecule has 3 rings (SSSR count). The molecule has 1 saturated heterocycles. The van der Waals surface area contributed by atoms with E-state index in [1.807, 2.05) is 28.6 Å². The Balaban J connectivity index is 1.59. The second kappa shape index (κ2) is 6.32. The van der Waals surface area contributed by atoms with E-state index >= 15 is 0 Å². The van der Waals surface area contributed by atoms with Crippen molar-refractivity contribution in [3.05, 3.63) is 46.7 Å². The van der Waals surface area contributed by atoms with Crippen LogP contribution in [-0.4, -0.2) is 51.9 Å². The van der Waals surface area contributed by atoms with Crippen LogP contribution in [-0.2, 0) is 0 Å². The average Bonchev–Trinajstić information content (AvgIpc) is 3.09. The van der Waals surface area contributed by atoms with Crippen molar-refractivity contribution in [2.75, 3.05) is 26.2 Å². The average molecular weight is 302 g/mol. The quantitative estimate of drug-likeness (QED) is 0.871. The number of pyridine rings is 1. The molecular formula is C15H18N4OS. The van der Waals surface area contributed by atoms with E-state index in [2.05, 4.69) is 27.9 Å². The fourth-order valence-corrected chi connectivity index (χ4v) is 3.13. The highest BCUT2D eigenvalue weighted by molar-refractivity contribution is 7.07. The molecule has 0 aliphatic carbocycles. The molecule has 1 aliphatic heterocycles. The lowest BCUT2D eigenvalue weighted by Gasteiger charge is -2.37. The molecule has 0 spiro atoms. The van der Waals surface area contributed by atoms with Crippen molar-refractivity contribution in [3.8, 4) is 0 Å². The van der Waals surface area contributed by atoms with E-state index in [0.29, 0.717) is 5.69 Å². The van der Waals surface area contributed by atoms with Gasteiger partial charge < -0.3 is 4.90 Å². The molecule has 0 bridgehead atoms. The first kappa shape index (κ1) is 14.2. The van der Waals surface area contributed by atoms with Crippen LogP contribution in [0.25, 0.3) is 0 Å². The Morgan fingerprint density at radius 2 is 2.05 bits per heavy atom. The number of nitrogens with zero attached hydrogens (tertiary/aromatic N) is 4. The van der Waals surface area contributed by atoms with Crippen molar-refractivity contribution >= 4 is 17.2 Å². The second-order valence-corrected chi connectivity index (χ2v) is 5.85. The zero-order valence-electron chi connectivity index (χ0n) is 12.0. The van der Waals surface area contributed by atoms with Crippen LogP contribution in [0.1, 0.15) is 29.1 Å². The Kier molecular flexibility index (Phi) is 4.26. The molecule has 0 radical (unpaired) electrons. The predicted molar refractivity (Wildman–Crippen MR) is 82.2 cm³/mol. The number of thiazole rings is 1. The van der Waals surface area contributed by atoms with E-state index in [1.165, 1.54) is 11.3 Å². The first-order valence-electron chi connectivity index (χ1n) is 7.08. The lowest BCUT2D eigenvalue weighted by Crippen LogP contribution is -2.49. The van der Waals surface area contributed by atoms with Crippen molar-refractivity contribution in [3.63, 3.8) is 0 Å². The van der Waals surface area contributed by atoms with Gasteiger partial charge in [0.05, 0.1) is 11.2 Å². The number of amides is 1. The van der Waals surface area contributed by atoms with Crippen molar-refractivity contribution in [2.45, 2.75) is 13.0 Å². The molecule has 1 atom stereocenters. The molecule has 0 aromatic carbocycles. The Morgan fingerprint density at radius 3 is 2.67 bits per heavy atom. The second-order valence-electron chi connectivity index (χ2n) is 5.13. The van der Waals surface area contributed by atoms with E-state index in [-0.39, 0.29) is 11.9 Å². The van der Waals surface area contributed by atoms with Gasteiger partial charge in [0.15, 0.2) is 0 Å². The summed E-state index contributed by atoms with van der Waals surface area (Å²) >= 11 is 1.46. The van der Waals surface area contributed by atoms with Gasteiger partial charge in [-0.15, -0.1) is 11.3 Å². The van der Waals surface area contributed by atoms with E-state index in [1.54, 1.807) is 5.51 Å². The largest absolute Gasteiger partial charge is 0.335 e. The molecule has 2 aromatic heterocycles. The van der Waals surface area contributed by atoms with Crippen LogP contribution in [0.5, 0.6) is 0 Å². The number of carbonyl (C=O) groups is 1. The van der Waals surface area contributed by atoms with Crippen LogP contribution in [0.2, 0.25) is 0 Å². The van der Waals surface area contributed by atoms with Crippen LogP contribution < -0.4 is 0 Å². The molecular weight excluding hydrogens is 284 g/mol. The highest BCUT2D eigenvalue weighted by atomic mass is 32.1. The summed E-state index contributed by atoms with van der Waals surface area (Å²) in [5.41, 5.74) is 3.34. The van der Waals surface area contributed by atoms with Gasteiger partial charge in [0.2, 0.25) is 0 Å². The minimum atomic E-state index is 0.0430. The zero-order valence-corrected chi connectivity index (χ0v) is 12.8. The number of hydrogen-bond donors (Lipinski definition) is 0. The van der Waals surface area contributed by atoms with Crippen LogP contribution in [0.15, 0.2) is 35.3 Å². The minimum Gasteiger partial charge on any atom is -0.335 e. The van der Waals surface area contributed by atoms with Gasteiger partial charge in [0, 0.05) is 43.8 Å². The van der Waals surface area contributed by atoms with Gasteiger partial charge in [0.1, 0.15) is 5.69 Å². The predicted octanol–water partition coefficient (Wildman–Crippen LogP) is 2.06. The molecule has 0 N–H and O–H groups in total. The van der Waals surface area contributed by atoms with Crippen molar-refractivity contribution < 1.29 is 4.79 Å². The van der Waals surface area contributed by atoms with Gasteiger partial charge in [-0.3, -0.25) is 14.7 Å². The normalized spacial score (nSPS) is 17.7. The van der Waals surface area contributed by atoms with Crippen LogP contribution in [0.3, 0.4) is 0 Å². The third kappa shape index (κ3) is 3.11. The standard InChI is InChI=1S/C15H18N4OS/c1-12(13-4-2-3-5-16-13)18-6-8-19(9-7-18)15(20)14-10-21-11-17-14/h2-5,10-12H,6-9H2,1H3/t12-/m1/s1. The van der Waals surface area contributed by atoms with E-state index in [4.69, 9.17) is 0 Å². The number of hydrogen-bond acceptors (Lipinski definition) is 5. The zero-order chi connectivity index (χ0) is 14.7. The topological polar surface area (TPSA) is 49.3 Å². The SMILES string of the molecule is C[C@H](c1ccccn1)N1CCN(C(=O)c2cscn2)CC1. The minimum absolute atomic E-state index is 0.0430. The van der Waals surface area contributed by atoms with Crippen LogP contribution >= 0.6 is 11.3 Å². The number of carbonyl (C=O) groups excluding carboxylic acids is 1. The summed E-state index contributed by atoms with van der Waals surface area (Å²) in [7, 11) is 0. The smallest absolute Gasteiger partial charge is 0.273 e. The van der Waals surface area contributed by atoms with E-state index in [0.717, 1.165) is 31.9 Å². The summed E-state index contributed by atoms with van der Waals surface area (Å²) < 4.78 is 0. The number of piperazine rings is 1. The van der Waals surface area contributed by atoms with Crippen molar-refractivity contribution in [1.29, 1.82) is 0 Å². The van der Waals surface area contributed by atoms with Gasteiger partial charge in [0.25, 0.3) is 5.91 Å². The third-order valence-corrected chi connectivity index (χ3v) is 4.50. The Morgan fingerprint density at radius 1 is 1.24 bits per heavy atom. The van der Waals surface area contributed by atoms with E-state index < -0.39 is 0 Å². The van der Waals surface area contributed by atoms with Gasteiger partial charge >= 0.3 is 0 Å². The molecule has 6 heteroatoms. The van der Waals surface area contributed by atoms with Gasteiger partial charge in [-0.25, -0.2) is 4.98 Å². The van der Waals surface area contributed by atoms with E-state index in [9.17, 15) is 4.79 Å². The third-order valence-electron chi connectivity index (χ3n) is 3.92. The van der Waals surface area contributed by atoms with Crippen LogP contribution in [0.4, 0.5) is 0 Å². The number of rotatable bonds is 3. The molecule has 1 amide bonds. The van der Waals surface area contributed by atoms with Gasteiger partial charge in [-0.05, 0) is 19.1 Å². The maximum atomic E-state index is 12.2. The molecule has 1 aliphatic rings. The lowest BCUT2D eigenvalue weighted by molar-refractivity contribution is 0.0574. The summed E-state index contributed by atoms with van der Waals surface area (Å²) in [6, 6.07) is 6.28. The molecule has 0 unspecified atom stereocenters. The first-order valence-corrected chi connectivity index (χ1v) is 8.02. The molecule has 5 nitrogen and oxygen atoms in total. The lowest BCUT2D eigenvalue weighted by atomic mass is 10.1. The molecule has 3 heterocycles. The monoisotopic (exact) mass is 302 g/mol. The molecule has 110 valence electrons. The summed E-state index contributed by atoms with van der Waals surface area (Å²) in [5.74, 6) is 0.0430. The summed E-state index contributed by atoms with van der Waals surface area (Å²) in [5, 5.41) is 1.81. The van der Waals surface area contributed by atoms with Crippen molar-refractivity contribution in [2.24, 2.45) is 0 Å². The molecule has 21 heavy (non-hydrogen) atoms. The van der Waals surface area contributed by atoms with Crippen molar-refractivity contribution in [1.82, 2.24) is 19.8 Å². The summed E-state index contributed by atoms with van der Waals surface area (Å²) in [6.45, 7) is 5.39.